The highest BCUT2D eigenvalue weighted by atomic mass is 16.4. The fourth-order valence-corrected chi connectivity index (χ4v) is 2.93. The van der Waals surface area contributed by atoms with E-state index in [-0.39, 0.29) is 5.41 Å². The minimum absolute atomic E-state index is 0.154. The van der Waals surface area contributed by atoms with Crippen LogP contribution in [-0.4, -0.2) is 34.6 Å². The van der Waals surface area contributed by atoms with E-state index in [0.29, 0.717) is 12.1 Å². The Morgan fingerprint density at radius 1 is 1.26 bits per heavy atom. The third kappa shape index (κ3) is 4.17. The van der Waals surface area contributed by atoms with Crippen molar-refractivity contribution >= 4 is 5.97 Å². The van der Waals surface area contributed by atoms with Crippen molar-refractivity contribution in [2.75, 3.05) is 13.6 Å². The van der Waals surface area contributed by atoms with Gasteiger partial charge in [0, 0.05) is 24.4 Å². The second-order valence-corrected chi connectivity index (χ2v) is 6.69. The Labute approximate surface area is 137 Å². The van der Waals surface area contributed by atoms with Crippen LogP contribution >= 0.6 is 0 Å². The molecule has 0 amide bonds. The molecule has 0 fully saturated rings. The first-order valence-electron chi connectivity index (χ1n) is 7.71. The van der Waals surface area contributed by atoms with Crippen LogP contribution in [-0.2, 0) is 10.2 Å². The van der Waals surface area contributed by atoms with E-state index in [1.54, 1.807) is 24.5 Å². The Balaban J connectivity index is 2.22. The van der Waals surface area contributed by atoms with E-state index in [1.807, 2.05) is 11.9 Å². The summed E-state index contributed by atoms with van der Waals surface area (Å²) in [7, 11) is 1.85. The van der Waals surface area contributed by atoms with Gasteiger partial charge in [0.05, 0.1) is 0 Å². The smallest absolute Gasteiger partial charge is 0.325 e. The van der Waals surface area contributed by atoms with Gasteiger partial charge in [0.25, 0.3) is 0 Å². The summed E-state index contributed by atoms with van der Waals surface area (Å²) >= 11 is 0. The number of benzene rings is 1. The second kappa shape index (κ2) is 6.92. The number of aromatic nitrogens is 1. The first kappa shape index (κ1) is 17.2. The Kier molecular flexibility index (Phi) is 5.16. The third-order valence-electron chi connectivity index (χ3n) is 4.15. The average Bonchev–Trinajstić information content (AvgIpc) is 2.48. The molecule has 0 aliphatic rings. The van der Waals surface area contributed by atoms with Crippen LogP contribution in [0.4, 0.5) is 0 Å². The molecule has 0 aliphatic carbocycles. The lowest BCUT2D eigenvalue weighted by atomic mass is 9.83. The maximum atomic E-state index is 11.7. The predicted octanol–water partition coefficient (Wildman–Crippen LogP) is 3.43. The highest BCUT2D eigenvalue weighted by Crippen LogP contribution is 2.28. The zero-order valence-electron chi connectivity index (χ0n) is 14.2. The number of carboxylic acids is 1. The molecule has 4 nitrogen and oxygen atoms in total. The van der Waals surface area contributed by atoms with Crippen LogP contribution in [0.2, 0.25) is 0 Å². The van der Waals surface area contributed by atoms with Crippen molar-refractivity contribution in [3.63, 3.8) is 0 Å². The van der Waals surface area contributed by atoms with Crippen molar-refractivity contribution in [2.45, 2.75) is 32.2 Å². The van der Waals surface area contributed by atoms with Gasteiger partial charge >= 0.3 is 5.97 Å². The summed E-state index contributed by atoms with van der Waals surface area (Å²) in [6.07, 6.45) is 3.27. The van der Waals surface area contributed by atoms with E-state index in [9.17, 15) is 9.90 Å². The van der Waals surface area contributed by atoms with Crippen LogP contribution in [0.5, 0.6) is 0 Å². The van der Waals surface area contributed by atoms with Gasteiger partial charge in [-0.2, -0.15) is 0 Å². The second-order valence-electron chi connectivity index (χ2n) is 6.69. The monoisotopic (exact) mass is 312 g/mol. The van der Waals surface area contributed by atoms with Crippen molar-refractivity contribution in [3.8, 4) is 0 Å². The summed E-state index contributed by atoms with van der Waals surface area (Å²) in [6.45, 7) is 6.96. The first-order chi connectivity index (χ1) is 10.8. The number of hydrogen-bond donors (Lipinski definition) is 1. The molecule has 1 aromatic heterocycles. The van der Waals surface area contributed by atoms with Gasteiger partial charge in [-0.15, -0.1) is 0 Å². The molecule has 2 aromatic rings. The van der Waals surface area contributed by atoms with E-state index in [0.717, 1.165) is 0 Å². The fourth-order valence-electron chi connectivity index (χ4n) is 2.93. The van der Waals surface area contributed by atoms with E-state index in [1.165, 1.54) is 11.1 Å². The van der Waals surface area contributed by atoms with Gasteiger partial charge in [-0.1, -0.05) is 49.7 Å². The molecule has 122 valence electrons. The van der Waals surface area contributed by atoms with Crippen LogP contribution in [0.25, 0.3) is 0 Å². The van der Waals surface area contributed by atoms with Crippen molar-refractivity contribution in [1.82, 2.24) is 9.88 Å². The topological polar surface area (TPSA) is 53.4 Å². The molecular weight excluding hydrogens is 288 g/mol. The molecule has 0 radical (unpaired) electrons. The predicted molar refractivity (Wildman–Crippen MR) is 91.4 cm³/mol. The molecule has 1 N–H and O–H groups in total. The third-order valence-corrected chi connectivity index (χ3v) is 4.15. The number of nitrogens with zero attached hydrogens (tertiary/aromatic N) is 2. The Bertz CT molecular complexity index is 651. The number of hydrogen-bond acceptors (Lipinski definition) is 3. The van der Waals surface area contributed by atoms with Crippen LogP contribution < -0.4 is 0 Å². The summed E-state index contributed by atoms with van der Waals surface area (Å²) in [5, 5.41) is 9.63. The van der Waals surface area contributed by atoms with Crippen molar-refractivity contribution < 1.29 is 9.90 Å². The Morgan fingerprint density at radius 2 is 1.91 bits per heavy atom. The summed E-state index contributed by atoms with van der Waals surface area (Å²) in [6, 6.07) is 11.3. The molecule has 2 rings (SSSR count). The van der Waals surface area contributed by atoms with Crippen LogP contribution in [0.15, 0.2) is 48.8 Å². The van der Waals surface area contributed by atoms with Gasteiger partial charge in [0.15, 0.2) is 0 Å². The van der Waals surface area contributed by atoms with Gasteiger partial charge in [-0.05, 0) is 31.2 Å². The first-order valence-corrected chi connectivity index (χ1v) is 7.71. The number of carbonyl (C=O) groups is 1. The number of aliphatic carboxylic acids is 1. The number of aryl methyl sites for hydroxylation is 1. The molecule has 0 saturated heterocycles. The van der Waals surface area contributed by atoms with Crippen LogP contribution in [0.1, 0.15) is 36.6 Å². The van der Waals surface area contributed by atoms with Crippen molar-refractivity contribution in [1.29, 1.82) is 0 Å². The molecule has 1 heterocycles. The lowest BCUT2D eigenvalue weighted by Crippen LogP contribution is -2.39. The molecule has 0 spiro atoms. The zero-order valence-corrected chi connectivity index (χ0v) is 14.2. The van der Waals surface area contributed by atoms with Gasteiger partial charge in [0.1, 0.15) is 6.04 Å². The SMILES string of the molecule is Cc1ccc(C(C)(C)CN(C)C(C(=O)O)c2cccnc2)cc1. The zero-order chi connectivity index (χ0) is 17.0. The molecule has 0 bridgehead atoms. The van der Waals surface area contributed by atoms with Gasteiger partial charge < -0.3 is 5.11 Å². The standard InChI is InChI=1S/C19H24N2O2/c1-14-7-9-16(10-8-14)19(2,3)13-21(4)17(18(22)23)15-6-5-11-20-12-15/h5-12,17H,13H2,1-4H3,(H,22,23). The average molecular weight is 312 g/mol. The minimum Gasteiger partial charge on any atom is -0.480 e. The largest absolute Gasteiger partial charge is 0.480 e. The van der Waals surface area contributed by atoms with Crippen LogP contribution in [0, 0.1) is 6.92 Å². The summed E-state index contributed by atoms with van der Waals surface area (Å²) in [4.78, 5) is 17.7. The summed E-state index contributed by atoms with van der Waals surface area (Å²) in [5.41, 5.74) is 2.96. The lowest BCUT2D eigenvalue weighted by molar-refractivity contribution is -0.143. The van der Waals surface area contributed by atoms with E-state index in [2.05, 4.69) is 50.0 Å². The fraction of sp³-hybridized carbons (Fsp3) is 0.368. The Morgan fingerprint density at radius 3 is 2.43 bits per heavy atom. The van der Waals surface area contributed by atoms with E-state index in [4.69, 9.17) is 0 Å². The highest BCUT2D eigenvalue weighted by Gasteiger charge is 2.30. The maximum Gasteiger partial charge on any atom is 0.325 e. The minimum atomic E-state index is -0.861. The molecule has 1 aromatic carbocycles. The normalized spacial score (nSPS) is 13.1. The number of pyridine rings is 1. The maximum absolute atomic E-state index is 11.7. The molecule has 0 aliphatic heterocycles. The summed E-state index contributed by atoms with van der Waals surface area (Å²) < 4.78 is 0. The van der Waals surface area contributed by atoms with E-state index >= 15 is 0 Å². The molecule has 4 heteroatoms. The molecule has 1 atom stereocenters. The van der Waals surface area contributed by atoms with Gasteiger partial charge in [0.2, 0.25) is 0 Å². The molecular formula is C19H24N2O2. The molecule has 1 unspecified atom stereocenters. The van der Waals surface area contributed by atoms with Crippen molar-refractivity contribution in [2.24, 2.45) is 0 Å². The van der Waals surface area contributed by atoms with Crippen LogP contribution in [0.3, 0.4) is 0 Å². The molecule has 0 saturated carbocycles. The highest BCUT2D eigenvalue weighted by molar-refractivity contribution is 5.75. The number of carboxylic acid groups (broad SMARTS) is 1. The van der Waals surface area contributed by atoms with Gasteiger partial charge in [-0.25, -0.2) is 0 Å². The number of likely N-dealkylation sites (N-methyl/N-ethyl adjacent to an activating group) is 1. The van der Waals surface area contributed by atoms with Gasteiger partial charge in [-0.3, -0.25) is 14.7 Å². The quantitative estimate of drug-likeness (QED) is 0.888. The summed E-state index contributed by atoms with van der Waals surface area (Å²) in [5.74, 6) is -0.861. The van der Waals surface area contributed by atoms with E-state index < -0.39 is 12.0 Å². The number of rotatable bonds is 6. The van der Waals surface area contributed by atoms with Crippen molar-refractivity contribution in [3.05, 3.63) is 65.5 Å². The molecule has 23 heavy (non-hydrogen) atoms. The lowest BCUT2D eigenvalue weighted by Gasteiger charge is -2.34. The Hall–Kier alpha value is -2.20.